The van der Waals surface area contributed by atoms with Crippen LogP contribution in [0.3, 0.4) is 0 Å². The van der Waals surface area contributed by atoms with Crippen molar-refractivity contribution in [2.45, 2.75) is 96.3 Å². The Bertz CT molecular complexity index is 943. The third kappa shape index (κ3) is 8.91. The molecule has 0 bridgehead atoms. The van der Waals surface area contributed by atoms with Crippen LogP contribution in [0.25, 0.3) is 10.9 Å². The molecule has 1 fully saturated rings. The van der Waals surface area contributed by atoms with Crippen LogP contribution in [-0.4, -0.2) is 36.0 Å². The number of H-pyrrole nitrogens is 1. The molecule has 1 unspecified atom stereocenters. The molecule has 2 heterocycles. The summed E-state index contributed by atoms with van der Waals surface area (Å²) in [4.78, 5) is 18.2. The van der Waals surface area contributed by atoms with E-state index in [1.165, 1.54) is 62.3 Å². The Hall–Kier alpha value is -2.49. The second-order valence-electron chi connectivity index (χ2n) is 9.96. The molecule has 1 aliphatic heterocycles. The third-order valence-corrected chi connectivity index (χ3v) is 7.24. The second kappa shape index (κ2) is 15.5. The normalized spacial score (nSPS) is 16.3. The first-order chi connectivity index (χ1) is 17.2. The maximum atomic E-state index is 12.7. The van der Waals surface area contributed by atoms with Gasteiger partial charge in [-0.2, -0.15) is 0 Å². The monoisotopic (exact) mass is 478 g/mol. The summed E-state index contributed by atoms with van der Waals surface area (Å²) in [6.07, 6.45) is 26.5. The Kier molecular flexibility index (Phi) is 12.0. The lowest BCUT2D eigenvalue weighted by Crippen LogP contribution is -2.28. The van der Waals surface area contributed by atoms with Crippen molar-refractivity contribution in [3.63, 3.8) is 0 Å². The minimum Gasteiger partial charge on any atom is -0.497 e. The number of methoxy groups -OCH3 is 1. The van der Waals surface area contributed by atoms with Gasteiger partial charge in [0.2, 0.25) is 5.91 Å². The Balaban J connectivity index is 1.24. The van der Waals surface area contributed by atoms with E-state index in [2.05, 4.69) is 59.4 Å². The topological polar surface area (TPSA) is 45.3 Å². The predicted molar refractivity (Wildman–Crippen MR) is 148 cm³/mol. The van der Waals surface area contributed by atoms with E-state index in [1.54, 1.807) is 7.11 Å². The number of nitrogens with zero attached hydrogens (tertiary/aromatic N) is 1. The van der Waals surface area contributed by atoms with Crippen LogP contribution in [0, 0.1) is 0 Å². The summed E-state index contributed by atoms with van der Waals surface area (Å²) in [5, 5.41) is 1.22. The molecule has 1 aromatic carbocycles. The maximum absolute atomic E-state index is 12.7. The Morgan fingerprint density at radius 1 is 1.03 bits per heavy atom. The fourth-order valence-corrected chi connectivity index (χ4v) is 5.07. The number of amides is 1. The standard InChI is InChI=1S/C31H46N2O2/c1-3-4-5-6-7-8-9-10-11-12-13-14-15-16-17-18-31(34)33-22-21-26(25-33)29-24-32-30-20-19-27(35-2)23-28(29)30/h7-8,10-11,19-20,23-24,26,32H,3-6,9,12-18,21-22,25H2,1-2H3/b8-7-,11-10-. The minimum atomic E-state index is 0.329. The van der Waals surface area contributed by atoms with Gasteiger partial charge in [0.05, 0.1) is 7.11 Å². The number of hydrogen-bond acceptors (Lipinski definition) is 2. The number of allylic oxidation sites excluding steroid dienone is 4. The van der Waals surface area contributed by atoms with Crippen LogP contribution in [-0.2, 0) is 4.79 Å². The van der Waals surface area contributed by atoms with Crippen LogP contribution in [0.2, 0.25) is 0 Å². The molecule has 35 heavy (non-hydrogen) atoms. The van der Waals surface area contributed by atoms with Gasteiger partial charge in [-0.3, -0.25) is 4.79 Å². The van der Waals surface area contributed by atoms with Crippen molar-refractivity contribution in [1.82, 2.24) is 9.88 Å². The first kappa shape index (κ1) is 27.1. The fourth-order valence-electron chi connectivity index (χ4n) is 5.07. The van der Waals surface area contributed by atoms with Crippen LogP contribution >= 0.6 is 0 Å². The Morgan fingerprint density at radius 2 is 1.77 bits per heavy atom. The molecule has 4 heteroatoms. The van der Waals surface area contributed by atoms with Crippen molar-refractivity contribution < 1.29 is 9.53 Å². The van der Waals surface area contributed by atoms with Crippen LogP contribution in [0.15, 0.2) is 48.7 Å². The van der Waals surface area contributed by atoms with E-state index in [4.69, 9.17) is 4.74 Å². The molecule has 1 saturated heterocycles. The van der Waals surface area contributed by atoms with Gasteiger partial charge in [-0.25, -0.2) is 0 Å². The quantitative estimate of drug-likeness (QED) is 0.195. The van der Waals surface area contributed by atoms with Crippen LogP contribution < -0.4 is 4.74 Å². The summed E-state index contributed by atoms with van der Waals surface area (Å²) >= 11 is 0. The van der Waals surface area contributed by atoms with E-state index < -0.39 is 0 Å². The average molecular weight is 479 g/mol. The average Bonchev–Trinajstić information content (AvgIpc) is 3.53. The summed E-state index contributed by atoms with van der Waals surface area (Å²) < 4.78 is 5.40. The number of hydrogen-bond donors (Lipinski definition) is 1. The molecule has 1 aliphatic rings. The first-order valence-corrected chi connectivity index (χ1v) is 14.0. The Labute approximate surface area is 212 Å². The molecule has 2 aromatic rings. The Morgan fingerprint density at radius 3 is 2.54 bits per heavy atom. The van der Waals surface area contributed by atoms with E-state index in [0.29, 0.717) is 18.2 Å². The molecule has 0 saturated carbocycles. The van der Waals surface area contributed by atoms with Crippen molar-refractivity contribution in [2.24, 2.45) is 0 Å². The van der Waals surface area contributed by atoms with Crippen LogP contribution in [0.1, 0.15) is 102 Å². The van der Waals surface area contributed by atoms with E-state index in [0.717, 1.165) is 50.0 Å². The van der Waals surface area contributed by atoms with Crippen molar-refractivity contribution in [3.05, 3.63) is 54.3 Å². The smallest absolute Gasteiger partial charge is 0.222 e. The van der Waals surface area contributed by atoms with Crippen molar-refractivity contribution in [1.29, 1.82) is 0 Å². The van der Waals surface area contributed by atoms with E-state index in [-0.39, 0.29) is 0 Å². The summed E-state index contributed by atoms with van der Waals surface area (Å²) in [5.41, 5.74) is 2.45. The molecule has 1 N–H and O–H groups in total. The van der Waals surface area contributed by atoms with E-state index in [9.17, 15) is 4.79 Å². The number of ether oxygens (including phenoxy) is 1. The summed E-state index contributed by atoms with van der Waals surface area (Å²) in [6, 6.07) is 6.16. The van der Waals surface area contributed by atoms with Gasteiger partial charge in [-0.15, -0.1) is 0 Å². The number of aromatic nitrogens is 1. The number of carbonyl (C=O) groups excluding carboxylic acids is 1. The summed E-state index contributed by atoms with van der Waals surface area (Å²) in [6.45, 7) is 3.96. The van der Waals surface area contributed by atoms with Gasteiger partial charge >= 0.3 is 0 Å². The highest BCUT2D eigenvalue weighted by atomic mass is 16.5. The van der Waals surface area contributed by atoms with Gasteiger partial charge in [-0.05, 0) is 68.7 Å². The van der Waals surface area contributed by atoms with Gasteiger partial charge in [0.25, 0.3) is 0 Å². The van der Waals surface area contributed by atoms with Gasteiger partial charge < -0.3 is 14.6 Å². The highest BCUT2D eigenvalue weighted by Crippen LogP contribution is 2.34. The zero-order valence-electron chi connectivity index (χ0n) is 22.1. The maximum Gasteiger partial charge on any atom is 0.222 e. The molecule has 4 nitrogen and oxygen atoms in total. The van der Waals surface area contributed by atoms with E-state index in [1.807, 2.05) is 6.07 Å². The second-order valence-corrected chi connectivity index (χ2v) is 9.96. The van der Waals surface area contributed by atoms with Crippen molar-refractivity contribution in [3.8, 4) is 5.75 Å². The summed E-state index contributed by atoms with van der Waals surface area (Å²) in [5.74, 6) is 1.62. The number of aromatic amines is 1. The minimum absolute atomic E-state index is 0.329. The predicted octanol–water partition coefficient (Wildman–Crippen LogP) is 8.31. The molecule has 0 radical (unpaired) electrons. The van der Waals surface area contributed by atoms with Gasteiger partial charge in [0.15, 0.2) is 0 Å². The molecule has 3 rings (SSSR count). The molecule has 0 spiro atoms. The summed E-state index contributed by atoms with van der Waals surface area (Å²) in [7, 11) is 1.70. The molecule has 1 amide bonds. The lowest BCUT2D eigenvalue weighted by Gasteiger charge is -2.16. The first-order valence-electron chi connectivity index (χ1n) is 14.0. The lowest BCUT2D eigenvalue weighted by molar-refractivity contribution is -0.130. The zero-order chi connectivity index (χ0) is 24.7. The van der Waals surface area contributed by atoms with E-state index >= 15 is 0 Å². The molecule has 1 atom stereocenters. The highest BCUT2D eigenvalue weighted by Gasteiger charge is 2.28. The SMILES string of the molecule is CCCCC/C=C\C/C=C\CCCCCCCC(=O)N1CCC(c2c[nH]c3ccc(OC)cc23)C1. The van der Waals surface area contributed by atoms with Crippen LogP contribution in [0.4, 0.5) is 0 Å². The zero-order valence-corrected chi connectivity index (χ0v) is 22.1. The molecular weight excluding hydrogens is 432 g/mol. The largest absolute Gasteiger partial charge is 0.497 e. The number of nitrogens with one attached hydrogen (secondary N) is 1. The molecule has 192 valence electrons. The van der Waals surface area contributed by atoms with Gasteiger partial charge in [0.1, 0.15) is 5.75 Å². The number of fused-ring (bicyclic) bond motifs is 1. The van der Waals surface area contributed by atoms with Crippen molar-refractivity contribution >= 4 is 16.8 Å². The highest BCUT2D eigenvalue weighted by molar-refractivity contribution is 5.85. The third-order valence-electron chi connectivity index (χ3n) is 7.24. The number of rotatable bonds is 16. The molecule has 1 aromatic heterocycles. The van der Waals surface area contributed by atoms with Crippen LogP contribution in [0.5, 0.6) is 5.75 Å². The fraction of sp³-hybridized carbons (Fsp3) is 0.581. The number of unbranched alkanes of at least 4 members (excludes halogenated alkanes) is 8. The number of carbonyl (C=O) groups is 1. The lowest BCUT2D eigenvalue weighted by atomic mass is 9.98. The number of benzene rings is 1. The van der Waals surface area contributed by atoms with Crippen molar-refractivity contribution in [2.75, 3.05) is 20.2 Å². The molecule has 0 aliphatic carbocycles. The van der Waals surface area contributed by atoms with Gasteiger partial charge in [-0.1, -0.05) is 63.3 Å². The van der Waals surface area contributed by atoms with Gasteiger partial charge in [0, 0.05) is 42.5 Å². The molecular formula is C31H46N2O2. The number of likely N-dealkylation sites (tertiary alicyclic amines) is 1.